The van der Waals surface area contributed by atoms with E-state index in [2.05, 4.69) is 10.1 Å². The van der Waals surface area contributed by atoms with Crippen molar-refractivity contribution in [3.05, 3.63) is 29.8 Å². The van der Waals surface area contributed by atoms with Gasteiger partial charge >= 0.3 is 12.1 Å². The van der Waals surface area contributed by atoms with Crippen LogP contribution < -0.4 is 10.1 Å². The van der Waals surface area contributed by atoms with Crippen LogP contribution in [0.5, 0.6) is 5.75 Å². The van der Waals surface area contributed by atoms with E-state index >= 15 is 0 Å². The first-order valence-corrected chi connectivity index (χ1v) is 6.43. The Bertz CT molecular complexity index is 531. The highest BCUT2D eigenvalue weighted by Gasteiger charge is 2.34. The number of ether oxygens (including phenoxy) is 2. The van der Waals surface area contributed by atoms with Gasteiger partial charge < -0.3 is 14.8 Å². The zero-order chi connectivity index (χ0) is 16.8. The first kappa shape index (κ1) is 17.8. The largest absolute Gasteiger partial charge is 0.480 e. The molecule has 0 heterocycles. The van der Waals surface area contributed by atoms with Gasteiger partial charge in [0.15, 0.2) is 6.10 Å². The number of methoxy groups -OCH3 is 1. The molecule has 0 saturated heterocycles. The van der Waals surface area contributed by atoms with E-state index in [0.29, 0.717) is 0 Å². The second kappa shape index (κ2) is 7.67. The SMILES string of the molecule is COC(=O)CCNC(=O)[C@@H](C)Oc1ccccc1C(F)(F)F. The summed E-state index contributed by atoms with van der Waals surface area (Å²) in [4.78, 5) is 22.6. The molecule has 0 radical (unpaired) electrons. The molecule has 1 N–H and O–H groups in total. The van der Waals surface area contributed by atoms with Gasteiger partial charge in [-0.15, -0.1) is 0 Å². The Hall–Kier alpha value is -2.25. The molecule has 1 amide bonds. The molecule has 0 aromatic heterocycles. The minimum atomic E-state index is -4.57. The quantitative estimate of drug-likeness (QED) is 0.816. The fourth-order valence-electron chi connectivity index (χ4n) is 1.58. The highest BCUT2D eigenvalue weighted by molar-refractivity contribution is 5.81. The van der Waals surface area contributed by atoms with Crippen LogP contribution in [0.3, 0.4) is 0 Å². The van der Waals surface area contributed by atoms with Gasteiger partial charge in [-0.1, -0.05) is 12.1 Å². The van der Waals surface area contributed by atoms with Gasteiger partial charge in [0.05, 0.1) is 19.1 Å². The van der Waals surface area contributed by atoms with E-state index in [9.17, 15) is 22.8 Å². The summed E-state index contributed by atoms with van der Waals surface area (Å²) in [5.74, 6) is -1.55. The summed E-state index contributed by atoms with van der Waals surface area (Å²) in [7, 11) is 1.21. The number of amides is 1. The van der Waals surface area contributed by atoms with E-state index in [1.165, 1.54) is 26.2 Å². The molecule has 1 aromatic rings. The lowest BCUT2D eigenvalue weighted by atomic mass is 10.2. The average molecular weight is 319 g/mol. The predicted octanol–water partition coefficient (Wildman–Crippen LogP) is 2.15. The standard InChI is InChI=1S/C14H16F3NO4/c1-9(13(20)18-8-7-12(19)21-2)22-11-6-4-3-5-10(11)14(15,16)17/h3-6,9H,7-8H2,1-2H3,(H,18,20)/t9-/m1/s1. The zero-order valence-electron chi connectivity index (χ0n) is 12.1. The summed E-state index contributed by atoms with van der Waals surface area (Å²) in [5.41, 5.74) is -0.954. The van der Waals surface area contributed by atoms with Gasteiger partial charge in [0.25, 0.3) is 5.91 Å². The Morgan fingerprint density at radius 2 is 1.91 bits per heavy atom. The number of carbonyl (C=O) groups is 2. The second-order valence-corrected chi connectivity index (χ2v) is 4.37. The van der Waals surface area contributed by atoms with Gasteiger partial charge in [-0.2, -0.15) is 13.2 Å². The van der Waals surface area contributed by atoms with Gasteiger partial charge in [0, 0.05) is 6.54 Å². The number of para-hydroxylation sites is 1. The molecule has 0 fully saturated rings. The first-order chi connectivity index (χ1) is 10.3. The van der Waals surface area contributed by atoms with Crippen LogP contribution in [0.1, 0.15) is 18.9 Å². The minimum Gasteiger partial charge on any atom is -0.480 e. The topological polar surface area (TPSA) is 64.6 Å². The molecule has 0 unspecified atom stereocenters. The highest BCUT2D eigenvalue weighted by Crippen LogP contribution is 2.36. The lowest BCUT2D eigenvalue weighted by Gasteiger charge is -2.18. The van der Waals surface area contributed by atoms with Crippen molar-refractivity contribution in [2.75, 3.05) is 13.7 Å². The summed E-state index contributed by atoms with van der Waals surface area (Å²) in [6, 6.07) is 4.63. The molecule has 22 heavy (non-hydrogen) atoms. The van der Waals surface area contributed by atoms with Crippen LogP contribution in [0, 0.1) is 0 Å². The summed E-state index contributed by atoms with van der Waals surface area (Å²) in [6.45, 7) is 1.33. The predicted molar refractivity (Wildman–Crippen MR) is 71.2 cm³/mol. The highest BCUT2D eigenvalue weighted by atomic mass is 19.4. The zero-order valence-corrected chi connectivity index (χ0v) is 12.1. The molecule has 0 aliphatic carbocycles. The second-order valence-electron chi connectivity index (χ2n) is 4.37. The van der Waals surface area contributed by atoms with Crippen molar-refractivity contribution in [1.82, 2.24) is 5.32 Å². The number of esters is 1. The first-order valence-electron chi connectivity index (χ1n) is 6.43. The smallest absolute Gasteiger partial charge is 0.419 e. The maximum absolute atomic E-state index is 12.8. The van der Waals surface area contributed by atoms with E-state index in [1.54, 1.807) is 0 Å². The molecule has 1 rings (SSSR count). The number of alkyl halides is 3. The van der Waals surface area contributed by atoms with Crippen molar-refractivity contribution in [2.24, 2.45) is 0 Å². The molecule has 0 saturated carbocycles. The van der Waals surface area contributed by atoms with Crippen molar-refractivity contribution in [3.63, 3.8) is 0 Å². The van der Waals surface area contributed by atoms with Gasteiger partial charge in [0.1, 0.15) is 5.75 Å². The van der Waals surface area contributed by atoms with Crippen LogP contribution in [0.25, 0.3) is 0 Å². The van der Waals surface area contributed by atoms with Crippen molar-refractivity contribution in [1.29, 1.82) is 0 Å². The van der Waals surface area contributed by atoms with Gasteiger partial charge in [-0.25, -0.2) is 0 Å². The van der Waals surface area contributed by atoms with Crippen molar-refractivity contribution in [3.8, 4) is 5.75 Å². The maximum Gasteiger partial charge on any atom is 0.419 e. The summed E-state index contributed by atoms with van der Waals surface area (Å²) in [5, 5.41) is 2.38. The van der Waals surface area contributed by atoms with Crippen molar-refractivity contribution >= 4 is 11.9 Å². The Morgan fingerprint density at radius 3 is 2.50 bits per heavy atom. The molecule has 0 aliphatic rings. The molecular weight excluding hydrogens is 303 g/mol. The average Bonchev–Trinajstić information content (AvgIpc) is 2.46. The molecule has 122 valence electrons. The summed E-state index contributed by atoms with van der Waals surface area (Å²) >= 11 is 0. The lowest BCUT2D eigenvalue weighted by Crippen LogP contribution is -2.37. The Labute approximate surface area is 125 Å². The minimum absolute atomic E-state index is 0.0140. The van der Waals surface area contributed by atoms with Crippen LogP contribution in [-0.4, -0.2) is 31.6 Å². The Morgan fingerprint density at radius 1 is 1.27 bits per heavy atom. The lowest BCUT2D eigenvalue weighted by molar-refractivity contribution is -0.142. The van der Waals surface area contributed by atoms with E-state index in [-0.39, 0.29) is 13.0 Å². The van der Waals surface area contributed by atoms with E-state index in [0.717, 1.165) is 12.1 Å². The van der Waals surface area contributed by atoms with E-state index < -0.39 is 35.5 Å². The van der Waals surface area contributed by atoms with Crippen LogP contribution in [0.2, 0.25) is 0 Å². The number of benzene rings is 1. The fraction of sp³-hybridized carbons (Fsp3) is 0.429. The number of rotatable bonds is 6. The molecule has 0 aliphatic heterocycles. The van der Waals surface area contributed by atoms with Crippen LogP contribution in [0.15, 0.2) is 24.3 Å². The van der Waals surface area contributed by atoms with E-state index in [4.69, 9.17) is 4.74 Å². The van der Waals surface area contributed by atoms with Crippen molar-refractivity contribution < 1.29 is 32.2 Å². The van der Waals surface area contributed by atoms with Crippen LogP contribution >= 0.6 is 0 Å². The number of halogens is 3. The van der Waals surface area contributed by atoms with Gasteiger partial charge in [-0.3, -0.25) is 9.59 Å². The molecule has 5 nitrogen and oxygen atoms in total. The summed E-state index contributed by atoms with van der Waals surface area (Å²) < 4.78 is 47.9. The monoisotopic (exact) mass is 319 g/mol. The van der Waals surface area contributed by atoms with Crippen LogP contribution in [0.4, 0.5) is 13.2 Å². The number of nitrogens with one attached hydrogen (secondary N) is 1. The van der Waals surface area contributed by atoms with Crippen molar-refractivity contribution in [2.45, 2.75) is 25.6 Å². The molecule has 0 bridgehead atoms. The van der Waals surface area contributed by atoms with Crippen LogP contribution in [-0.2, 0) is 20.5 Å². The molecular formula is C14H16F3NO4. The normalized spacial score (nSPS) is 12.4. The van der Waals surface area contributed by atoms with Gasteiger partial charge in [-0.05, 0) is 19.1 Å². The molecule has 1 atom stereocenters. The third kappa shape index (κ3) is 5.27. The Kier molecular flexibility index (Phi) is 6.21. The molecule has 8 heteroatoms. The number of hydrogen-bond donors (Lipinski definition) is 1. The number of hydrogen-bond acceptors (Lipinski definition) is 4. The number of carbonyl (C=O) groups excluding carboxylic acids is 2. The summed E-state index contributed by atoms with van der Waals surface area (Å²) in [6.07, 6.45) is -5.74. The third-order valence-corrected chi connectivity index (χ3v) is 2.72. The van der Waals surface area contributed by atoms with E-state index in [1.807, 2.05) is 0 Å². The fourth-order valence-corrected chi connectivity index (χ4v) is 1.58. The third-order valence-electron chi connectivity index (χ3n) is 2.72. The van der Waals surface area contributed by atoms with Gasteiger partial charge in [0.2, 0.25) is 0 Å². The molecule has 0 spiro atoms. The Balaban J connectivity index is 2.63. The maximum atomic E-state index is 12.8. The molecule has 1 aromatic carbocycles.